The fourth-order valence-corrected chi connectivity index (χ4v) is 9.22. The van der Waals surface area contributed by atoms with E-state index in [1.54, 1.807) is 104 Å². The summed E-state index contributed by atoms with van der Waals surface area (Å²) >= 11 is 0. The van der Waals surface area contributed by atoms with E-state index in [0.29, 0.717) is 63.5 Å². The monoisotopic (exact) mass is 1060 g/mol. The lowest BCUT2D eigenvalue weighted by Crippen LogP contribution is -2.29. The number of anilines is 10. The molecule has 79 heavy (non-hydrogen) atoms. The summed E-state index contributed by atoms with van der Waals surface area (Å²) in [6.07, 6.45) is 0. The fourth-order valence-electron chi connectivity index (χ4n) is 9.22. The number of benzene rings is 8. The number of hydrogen-bond acceptors (Lipinski definition) is 20. The molecule has 0 aliphatic heterocycles. The first-order valence-electron chi connectivity index (χ1n) is 24.4. The zero-order chi connectivity index (χ0) is 56.8. The van der Waals surface area contributed by atoms with Crippen LogP contribution in [0.4, 0.5) is 68.2 Å². The van der Waals surface area contributed by atoms with Crippen LogP contribution in [0.15, 0.2) is 156 Å². The number of nitrogens with zero attached hydrogens (tertiary/aromatic N) is 3. The van der Waals surface area contributed by atoms with Gasteiger partial charge in [-0.15, -0.1) is 0 Å². The van der Waals surface area contributed by atoms with Crippen LogP contribution in [-0.4, -0.2) is 78.3 Å². The van der Waals surface area contributed by atoms with Crippen molar-refractivity contribution in [3.8, 4) is 0 Å². The Morgan fingerprint density at radius 3 is 0.962 bits per heavy atom. The molecule has 20 nitrogen and oxygen atoms in total. The lowest BCUT2D eigenvalue weighted by atomic mass is 9.81. The molecule has 0 bridgehead atoms. The second-order valence-corrected chi connectivity index (χ2v) is 18.0. The third kappa shape index (κ3) is 10.6. The predicted molar refractivity (Wildman–Crippen MR) is 308 cm³/mol. The molecule has 8 aromatic rings. The van der Waals surface area contributed by atoms with Gasteiger partial charge in [0.2, 0.25) is 0 Å². The Morgan fingerprint density at radius 2 is 0.646 bits per heavy atom. The molecule has 3 aliphatic rings. The van der Waals surface area contributed by atoms with Crippen molar-refractivity contribution in [1.82, 2.24) is 0 Å². The number of fused-ring (bicyclic) bond motifs is 6. The van der Waals surface area contributed by atoms with Crippen molar-refractivity contribution in [2.45, 2.75) is 0 Å². The van der Waals surface area contributed by atoms with Crippen LogP contribution in [0.3, 0.4) is 0 Å². The van der Waals surface area contributed by atoms with Crippen molar-refractivity contribution in [1.29, 1.82) is 0 Å². The van der Waals surface area contributed by atoms with Gasteiger partial charge in [0.1, 0.15) is 0 Å². The summed E-state index contributed by atoms with van der Waals surface area (Å²) in [4.78, 5) is 76.8. The quantitative estimate of drug-likeness (QED) is 0.0540. The summed E-state index contributed by atoms with van der Waals surface area (Å²) in [5.74, 6) is -1.70. The van der Waals surface area contributed by atoms with Crippen molar-refractivity contribution in [2.75, 3.05) is 89.4 Å². The maximum Gasteiger partial charge on any atom is 0.198 e. The number of rotatable bonds is 8. The molecule has 19 N–H and O–H groups in total. The van der Waals surface area contributed by atoms with Crippen LogP contribution in [0.25, 0.3) is 0 Å². The first-order valence-corrected chi connectivity index (χ1v) is 24.4. The topological polar surface area (TPSA) is 391 Å². The maximum atomic E-state index is 12.6. The highest BCUT2D eigenvalue weighted by Gasteiger charge is 2.37. The minimum atomic E-state index is -0.427. The van der Waals surface area contributed by atoms with Crippen molar-refractivity contribution < 1.29 is 39.0 Å². The Kier molecular flexibility index (Phi) is 15.9. The summed E-state index contributed by atoms with van der Waals surface area (Å²) in [5, 5.41) is 29.3. The number of ketones is 6. The molecule has 0 radical (unpaired) electrons. The van der Waals surface area contributed by atoms with Crippen molar-refractivity contribution in [2.24, 2.45) is 10.2 Å². The standard InChI is InChI=1S/C16H20N4O2.C15H12N2O2.C14H12N4O2.C14H10N2O2/c17-13-1-3-14(4-2-13)18-19-15-5-7-16(8-6-15)20(9-11-21)10-12-22;1-17-11-7-6-10(16)12-13(11)15(19)9-5-3-2-4-8(9)14(12)18;15-5-1-2-6(16)10-9(5)13(19)11-7(17)3-4-8(18)12(11)14(10)20;15-9-5-6-10(16)12-11(9)13(17)7-3-1-2-4-8(7)14(12)18/h1-8,21-22H,9-12,17H2;2-7,17H,16H2,1H3;1-4H,15-18H2;1-6H,15-16H2. The lowest BCUT2D eigenvalue weighted by Gasteiger charge is -2.22. The van der Waals surface area contributed by atoms with Crippen LogP contribution in [0.1, 0.15) is 95.5 Å². The molecule has 398 valence electrons. The molecule has 0 spiro atoms. The minimum Gasteiger partial charge on any atom is -0.399 e. The van der Waals surface area contributed by atoms with Crippen LogP contribution in [0.5, 0.6) is 0 Å². The van der Waals surface area contributed by atoms with Gasteiger partial charge in [-0.1, -0.05) is 48.5 Å². The normalized spacial score (nSPS) is 12.4. The molecule has 0 saturated heterocycles. The molecular formula is C59H54N12O8. The van der Waals surface area contributed by atoms with E-state index >= 15 is 0 Å². The molecule has 0 aromatic heterocycles. The third-order valence-electron chi connectivity index (χ3n) is 13.1. The van der Waals surface area contributed by atoms with E-state index in [9.17, 15) is 28.8 Å². The average molecular weight is 1060 g/mol. The van der Waals surface area contributed by atoms with E-state index in [1.807, 2.05) is 29.2 Å². The van der Waals surface area contributed by atoms with Gasteiger partial charge in [-0.2, -0.15) is 10.2 Å². The van der Waals surface area contributed by atoms with Crippen LogP contribution in [0, 0.1) is 0 Å². The number of nitrogens with one attached hydrogen (secondary N) is 1. The van der Waals surface area contributed by atoms with Gasteiger partial charge < -0.3 is 66.3 Å². The van der Waals surface area contributed by atoms with Gasteiger partial charge >= 0.3 is 0 Å². The van der Waals surface area contributed by atoms with E-state index in [0.717, 1.165) is 17.1 Å². The number of hydrogen-bond donors (Lipinski definition) is 11. The van der Waals surface area contributed by atoms with Crippen LogP contribution in [-0.2, 0) is 0 Å². The van der Waals surface area contributed by atoms with Gasteiger partial charge in [0.25, 0.3) is 0 Å². The number of nitrogen functional groups attached to an aromatic ring is 8. The number of aliphatic hydroxyl groups is 2. The summed E-state index contributed by atoms with van der Waals surface area (Å²) in [6, 6.07) is 40.6. The fraction of sp³-hybridized carbons (Fsp3) is 0.0847. The molecule has 0 amide bonds. The zero-order valence-electron chi connectivity index (χ0n) is 42.5. The largest absolute Gasteiger partial charge is 0.399 e. The summed E-state index contributed by atoms with van der Waals surface area (Å²) in [5.41, 5.74) is 54.8. The van der Waals surface area contributed by atoms with Gasteiger partial charge in [-0.25, -0.2) is 0 Å². The van der Waals surface area contributed by atoms with E-state index in [4.69, 9.17) is 56.1 Å². The number of carbonyl (C=O) groups is 6. The molecule has 3 aliphatic carbocycles. The van der Waals surface area contributed by atoms with Gasteiger partial charge in [0, 0.05) is 99.3 Å². The van der Waals surface area contributed by atoms with Crippen molar-refractivity contribution in [3.63, 3.8) is 0 Å². The Balaban J connectivity index is 0.000000139. The first-order chi connectivity index (χ1) is 37.9. The van der Waals surface area contributed by atoms with Crippen LogP contribution >= 0.6 is 0 Å². The van der Waals surface area contributed by atoms with Gasteiger partial charge in [0.15, 0.2) is 34.7 Å². The van der Waals surface area contributed by atoms with E-state index < -0.39 is 11.6 Å². The Hall–Kier alpha value is -10.7. The molecule has 8 aromatic carbocycles. The Morgan fingerprint density at radius 1 is 0.367 bits per heavy atom. The molecule has 11 rings (SSSR count). The molecule has 0 fully saturated rings. The van der Waals surface area contributed by atoms with E-state index in [2.05, 4.69) is 15.5 Å². The highest BCUT2D eigenvalue weighted by Crippen LogP contribution is 2.40. The zero-order valence-corrected chi connectivity index (χ0v) is 42.5. The SMILES string of the molecule is CNc1ccc(N)c2c1C(=O)c1ccccc1C2=O.Nc1ccc(N)c2c1C(=O)c1c(N)ccc(N)c1C2=O.Nc1ccc(N)c2c1C(=O)c1ccccc1C2=O.Nc1ccc(N=Nc2ccc(N(CCO)CCO)cc2)cc1. The smallest absolute Gasteiger partial charge is 0.198 e. The van der Waals surface area contributed by atoms with Crippen molar-refractivity contribution in [3.05, 3.63) is 212 Å². The minimum absolute atomic E-state index is 0.0403. The number of carbonyl (C=O) groups excluding carboxylic acids is 6. The van der Waals surface area contributed by atoms with Gasteiger partial charge in [-0.3, -0.25) is 28.8 Å². The molecular weight excluding hydrogens is 1000 g/mol. The second kappa shape index (κ2) is 23.0. The third-order valence-corrected chi connectivity index (χ3v) is 13.1. The van der Waals surface area contributed by atoms with E-state index in [1.165, 1.54) is 24.3 Å². The molecule has 0 unspecified atom stereocenters. The number of nitrogens with two attached hydrogens (primary N) is 8. The highest BCUT2D eigenvalue weighted by molar-refractivity contribution is 6.35. The molecule has 0 atom stereocenters. The van der Waals surface area contributed by atoms with Gasteiger partial charge in [0.05, 0.1) is 69.1 Å². The molecule has 0 saturated carbocycles. The average Bonchev–Trinajstić information content (AvgIpc) is 3.60. The number of azo groups is 1. The van der Waals surface area contributed by atoms with Crippen LogP contribution < -0.4 is 56.1 Å². The first kappa shape index (κ1) is 54.6. The highest BCUT2D eigenvalue weighted by atomic mass is 16.3. The Labute approximate surface area is 452 Å². The lowest BCUT2D eigenvalue weighted by molar-refractivity contribution is 0.0980. The van der Waals surface area contributed by atoms with Crippen molar-refractivity contribution >= 4 is 103 Å². The summed E-state index contributed by atoms with van der Waals surface area (Å²) < 4.78 is 0. The van der Waals surface area contributed by atoms with Gasteiger partial charge in [-0.05, 0) is 97.1 Å². The predicted octanol–water partition coefficient (Wildman–Crippen LogP) is 6.98. The summed E-state index contributed by atoms with van der Waals surface area (Å²) in [7, 11) is 1.71. The van der Waals surface area contributed by atoms with Crippen LogP contribution in [0.2, 0.25) is 0 Å². The Bertz CT molecular complexity index is 3610. The molecule has 0 heterocycles. The molecule has 20 heteroatoms. The summed E-state index contributed by atoms with van der Waals surface area (Å²) in [6.45, 7) is 1.04. The maximum absolute atomic E-state index is 12.6. The van der Waals surface area contributed by atoms with E-state index in [-0.39, 0.29) is 104 Å². The second-order valence-electron chi connectivity index (χ2n) is 18.0. The number of aliphatic hydroxyl groups excluding tert-OH is 2.